The van der Waals surface area contributed by atoms with E-state index in [9.17, 15) is 4.39 Å². The summed E-state index contributed by atoms with van der Waals surface area (Å²) < 4.78 is 14.5. The molecule has 1 aliphatic rings. The molecule has 21 heavy (non-hydrogen) atoms. The Morgan fingerprint density at radius 1 is 1.29 bits per heavy atom. The first kappa shape index (κ1) is 12.8. The number of nitrogens with zero attached hydrogens (tertiary/aromatic N) is 5. The predicted octanol–water partition coefficient (Wildman–Crippen LogP) is 2.80. The number of rotatable bonds is 1. The first-order valence-corrected chi connectivity index (χ1v) is 7.72. The van der Waals surface area contributed by atoms with Crippen molar-refractivity contribution in [3.05, 3.63) is 17.8 Å². The minimum absolute atomic E-state index is 0.407. The summed E-state index contributed by atoms with van der Waals surface area (Å²) in [7, 11) is 0. The third kappa shape index (κ3) is 1.95. The summed E-state index contributed by atoms with van der Waals surface area (Å²) in [6, 6.07) is 0. The molecule has 0 radical (unpaired) electrons. The number of aromatic nitrogens is 4. The molecule has 4 heterocycles. The summed E-state index contributed by atoms with van der Waals surface area (Å²) in [6.07, 6.45) is 1.34. The van der Waals surface area contributed by atoms with Gasteiger partial charge >= 0.3 is 0 Å². The van der Waals surface area contributed by atoms with Gasteiger partial charge in [0.05, 0.1) is 27.8 Å². The van der Waals surface area contributed by atoms with E-state index in [-0.39, 0.29) is 0 Å². The fraction of sp³-hybridized carbons (Fsp3) is 0.429. The number of fused-ring (bicyclic) bond motifs is 3. The number of aryl methyl sites for hydroxylation is 2. The minimum atomic E-state index is -0.770. The van der Waals surface area contributed by atoms with Gasteiger partial charge in [0, 0.05) is 6.54 Å². The number of anilines is 1. The second kappa shape index (κ2) is 4.56. The van der Waals surface area contributed by atoms with Crippen LogP contribution >= 0.6 is 11.3 Å². The molecular formula is C14H14FN5S. The lowest BCUT2D eigenvalue weighted by Gasteiger charge is -2.16. The second-order valence-corrected chi connectivity index (χ2v) is 6.34. The van der Waals surface area contributed by atoms with Gasteiger partial charge in [-0.25, -0.2) is 24.3 Å². The molecule has 0 bridgehead atoms. The summed E-state index contributed by atoms with van der Waals surface area (Å²) in [4.78, 5) is 20.6. The van der Waals surface area contributed by atoms with Gasteiger partial charge in [0.1, 0.15) is 29.0 Å². The maximum Gasteiger partial charge on any atom is 0.150 e. The number of hydrogen-bond donors (Lipinski definition) is 0. The molecule has 1 saturated heterocycles. The highest BCUT2D eigenvalue weighted by Crippen LogP contribution is 2.38. The third-order valence-corrected chi connectivity index (χ3v) is 4.89. The molecule has 108 valence electrons. The van der Waals surface area contributed by atoms with Crippen LogP contribution in [0.3, 0.4) is 0 Å². The van der Waals surface area contributed by atoms with Gasteiger partial charge in [0.25, 0.3) is 0 Å². The highest BCUT2D eigenvalue weighted by atomic mass is 32.1. The first-order valence-electron chi connectivity index (χ1n) is 6.91. The van der Waals surface area contributed by atoms with Crippen LogP contribution < -0.4 is 4.90 Å². The van der Waals surface area contributed by atoms with E-state index in [4.69, 9.17) is 0 Å². The van der Waals surface area contributed by atoms with Crippen LogP contribution in [-0.2, 0) is 0 Å². The van der Waals surface area contributed by atoms with Crippen LogP contribution in [0.25, 0.3) is 20.4 Å². The lowest BCUT2D eigenvalue weighted by atomic mass is 10.2. The SMILES string of the molecule is Cc1nc(C)c2c(n1)sc1c(N3CC[C@H](F)C3)ncnc12. The van der Waals surface area contributed by atoms with Gasteiger partial charge < -0.3 is 4.90 Å². The highest BCUT2D eigenvalue weighted by Gasteiger charge is 2.26. The zero-order valence-electron chi connectivity index (χ0n) is 11.8. The van der Waals surface area contributed by atoms with E-state index >= 15 is 0 Å². The topological polar surface area (TPSA) is 54.8 Å². The van der Waals surface area contributed by atoms with E-state index in [1.54, 1.807) is 17.7 Å². The van der Waals surface area contributed by atoms with Crippen LogP contribution in [-0.4, -0.2) is 39.2 Å². The average Bonchev–Trinajstić information content (AvgIpc) is 3.01. The quantitative estimate of drug-likeness (QED) is 0.692. The molecule has 3 aromatic heterocycles. The average molecular weight is 303 g/mol. The van der Waals surface area contributed by atoms with Crippen molar-refractivity contribution in [3.63, 3.8) is 0 Å². The standard InChI is InChI=1S/C14H14FN5S/c1-7-10-11-12(21-14(10)19-8(2)18-7)13(17-6-16-11)20-4-3-9(15)5-20/h6,9H,3-5H2,1-2H3/t9-/m0/s1. The fourth-order valence-corrected chi connectivity index (χ4v) is 4.14. The van der Waals surface area contributed by atoms with Crippen LogP contribution in [0.2, 0.25) is 0 Å². The summed E-state index contributed by atoms with van der Waals surface area (Å²) in [6.45, 7) is 4.96. The van der Waals surface area contributed by atoms with Gasteiger partial charge in [-0.3, -0.25) is 0 Å². The van der Waals surface area contributed by atoms with Crippen molar-refractivity contribution in [2.24, 2.45) is 0 Å². The van der Waals surface area contributed by atoms with Gasteiger partial charge in [-0.1, -0.05) is 0 Å². The molecule has 3 aromatic rings. The number of thiophene rings is 1. The second-order valence-electron chi connectivity index (χ2n) is 5.35. The van der Waals surface area contributed by atoms with Gasteiger partial charge in [-0.15, -0.1) is 11.3 Å². The number of alkyl halides is 1. The number of hydrogen-bond acceptors (Lipinski definition) is 6. The summed E-state index contributed by atoms with van der Waals surface area (Å²) in [5, 5.41) is 0.986. The molecule has 1 aliphatic heterocycles. The predicted molar refractivity (Wildman–Crippen MR) is 81.7 cm³/mol. The van der Waals surface area contributed by atoms with E-state index in [1.165, 1.54) is 0 Å². The van der Waals surface area contributed by atoms with Crippen LogP contribution in [0.15, 0.2) is 6.33 Å². The molecule has 1 atom stereocenters. The van der Waals surface area contributed by atoms with E-state index in [1.807, 2.05) is 18.7 Å². The molecule has 0 aliphatic carbocycles. The van der Waals surface area contributed by atoms with Crippen molar-refractivity contribution in [1.29, 1.82) is 0 Å². The minimum Gasteiger partial charge on any atom is -0.352 e. The smallest absolute Gasteiger partial charge is 0.150 e. The largest absolute Gasteiger partial charge is 0.352 e. The Labute approximate surface area is 124 Å². The zero-order valence-corrected chi connectivity index (χ0v) is 12.6. The van der Waals surface area contributed by atoms with Gasteiger partial charge in [-0.2, -0.15) is 0 Å². The van der Waals surface area contributed by atoms with Crippen LogP contribution in [0, 0.1) is 13.8 Å². The Morgan fingerprint density at radius 2 is 2.14 bits per heavy atom. The fourth-order valence-electron chi connectivity index (χ4n) is 2.90. The van der Waals surface area contributed by atoms with Crippen LogP contribution in [0.4, 0.5) is 10.2 Å². The zero-order chi connectivity index (χ0) is 14.6. The lowest BCUT2D eigenvalue weighted by Crippen LogP contribution is -2.21. The van der Waals surface area contributed by atoms with Gasteiger partial charge in [-0.05, 0) is 20.3 Å². The van der Waals surface area contributed by atoms with Gasteiger partial charge in [0.15, 0.2) is 0 Å². The molecule has 0 aromatic carbocycles. The molecular weight excluding hydrogens is 289 g/mol. The summed E-state index contributed by atoms with van der Waals surface area (Å²) in [5.41, 5.74) is 1.80. The normalized spacial score (nSPS) is 19.0. The van der Waals surface area contributed by atoms with Crippen molar-refractivity contribution in [2.45, 2.75) is 26.4 Å². The van der Waals surface area contributed by atoms with Crippen molar-refractivity contribution < 1.29 is 4.39 Å². The molecule has 1 fully saturated rings. The molecule has 0 spiro atoms. The third-order valence-electron chi connectivity index (χ3n) is 3.82. The highest BCUT2D eigenvalue weighted by molar-refractivity contribution is 7.26. The molecule has 0 unspecified atom stereocenters. The van der Waals surface area contributed by atoms with Crippen molar-refractivity contribution in [2.75, 3.05) is 18.0 Å². The summed E-state index contributed by atoms with van der Waals surface area (Å²) >= 11 is 1.56. The Morgan fingerprint density at radius 3 is 2.90 bits per heavy atom. The Kier molecular flexibility index (Phi) is 2.78. The van der Waals surface area contributed by atoms with Crippen LogP contribution in [0.5, 0.6) is 0 Å². The van der Waals surface area contributed by atoms with E-state index in [0.29, 0.717) is 19.5 Å². The molecule has 7 heteroatoms. The molecule has 0 N–H and O–H groups in total. The van der Waals surface area contributed by atoms with Crippen molar-refractivity contribution in [3.8, 4) is 0 Å². The van der Waals surface area contributed by atoms with Gasteiger partial charge in [0.2, 0.25) is 0 Å². The maximum absolute atomic E-state index is 13.5. The monoisotopic (exact) mass is 303 g/mol. The van der Waals surface area contributed by atoms with Crippen molar-refractivity contribution >= 4 is 37.6 Å². The lowest BCUT2D eigenvalue weighted by molar-refractivity contribution is 0.364. The van der Waals surface area contributed by atoms with E-state index in [2.05, 4.69) is 19.9 Å². The molecule has 4 rings (SSSR count). The first-order chi connectivity index (χ1) is 10.1. The Hall–Kier alpha value is -1.89. The molecule has 0 amide bonds. The summed E-state index contributed by atoms with van der Waals surface area (Å²) in [5.74, 6) is 1.58. The molecule has 0 saturated carbocycles. The van der Waals surface area contributed by atoms with Crippen LogP contribution in [0.1, 0.15) is 17.9 Å². The van der Waals surface area contributed by atoms with E-state index < -0.39 is 6.17 Å². The molecule has 5 nitrogen and oxygen atoms in total. The Balaban J connectivity index is 1.99. The van der Waals surface area contributed by atoms with E-state index in [0.717, 1.165) is 37.8 Å². The maximum atomic E-state index is 13.5. The van der Waals surface area contributed by atoms with Crippen molar-refractivity contribution in [1.82, 2.24) is 19.9 Å². The number of halogens is 1. The Bertz CT molecular complexity index is 846.